The van der Waals surface area contributed by atoms with E-state index in [1.165, 1.54) is 16.8 Å². The van der Waals surface area contributed by atoms with Crippen LogP contribution in [0.15, 0.2) is 47.8 Å². The molecule has 31 heavy (non-hydrogen) atoms. The van der Waals surface area contributed by atoms with Gasteiger partial charge in [0.15, 0.2) is 12.4 Å². The minimum absolute atomic E-state index is 0.0470. The van der Waals surface area contributed by atoms with Crippen molar-refractivity contribution < 1.29 is 23.5 Å². The lowest BCUT2D eigenvalue weighted by Crippen LogP contribution is -2.11. The minimum Gasteiger partial charge on any atom is -0.469 e. The summed E-state index contributed by atoms with van der Waals surface area (Å²) < 4.78 is 33.5. The lowest BCUT2D eigenvalue weighted by atomic mass is 10.1. The van der Waals surface area contributed by atoms with Crippen molar-refractivity contribution in [2.75, 3.05) is 6.61 Å². The predicted molar refractivity (Wildman–Crippen MR) is 106 cm³/mol. The van der Waals surface area contributed by atoms with E-state index in [2.05, 4.69) is 25.7 Å². The average molecular weight is 432 g/mol. The fourth-order valence-electron chi connectivity index (χ4n) is 2.56. The highest BCUT2D eigenvalue weighted by molar-refractivity contribution is 5.98. The third-order valence-electron chi connectivity index (χ3n) is 4.31. The Morgan fingerprint density at radius 1 is 1.16 bits per heavy atom. The zero-order chi connectivity index (χ0) is 22.3. The number of hydrogen-bond acceptors (Lipinski definition) is 8. The van der Waals surface area contributed by atoms with Crippen LogP contribution in [-0.4, -0.2) is 42.6 Å². The molecule has 0 unspecified atom stereocenters. The highest BCUT2D eigenvalue weighted by Crippen LogP contribution is 2.26. The molecule has 1 aromatic carbocycles. The third-order valence-corrected chi connectivity index (χ3v) is 4.31. The molecule has 0 atom stereocenters. The molecule has 3 rings (SSSR count). The van der Waals surface area contributed by atoms with Crippen molar-refractivity contribution in [2.24, 2.45) is 5.16 Å². The van der Waals surface area contributed by atoms with E-state index in [9.17, 15) is 8.78 Å². The smallest absolute Gasteiger partial charge is 0.270 e. The van der Waals surface area contributed by atoms with Gasteiger partial charge in [-0.3, -0.25) is 0 Å². The van der Waals surface area contributed by atoms with Crippen molar-refractivity contribution in [3.63, 3.8) is 0 Å². The molecule has 0 aliphatic rings. The second kappa shape index (κ2) is 10.0. The Kier molecular flexibility index (Phi) is 7.19. The van der Waals surface area contributed by atoms with Crippen LogP contribution in [0, 0.1) is 0 Å². The van der Waals surface area contributed by atoms with Crippen molar-refractivity contribution in [2.45, 2.75) is 39.5 Å². The predicted octanol–water partition coefficient (Wildman–Crippen LogP) is 2.69. The van der Waals surface area contributed by atoms with E-state index in [0.29, 0.717) is 17.4 Å². The number of aliphatic hydroxyl groups excluding tert-OH is 1. The van der Waals surface area contributed by atoms with Gasteiger partial charge in [0.05, 0.1) is 18.9 Å². The number of aliphatic hydroxyl groups is 1. The fraction of sp³-hybridized carbons (Fsp3) is 0.350. The molecule has 2 heterocycles. The highest BCUT2D eigenvalue weighted by Gasteiger charge is 2.23. The molecule has 0 bridgehead atoms. The molecular weight excluding hydrogens is 410 g/mol. The zero-order valence-corrected chi connectivity index (χ0v) is 17.1. The number of ether oxygens (including phenoxy) is 1. The summed E-state index contributed by atoms with van der Waals surface area (Å²) in [5.41, 5.74) is 2.02. The van der Waals surface area contributed by atoms with Crippen LogP contribution in [0.3, 0.4) is 0 Å². The molecule has 0 aliphatic heterocycles. The van der Waals surface area contributed by atoms with Crippen molar-refractivity contribution in [3.05, 3.63) is 65.1 Å². The van der Waals surface area contributed by atoms with Crippen LogP contribution in [0.2, 0.25) is 0 Å². The van der Waals surface area contributed by atoms with Crippen LogP contribution in [0.5, 0.6) is 5.88 Å². The molecule has 164 valence electrons. The number of benzene rings is 1. The molecule has 0 aliphatic carbocycles. The van der Waals surface area contributed by atoms with Gasteiger partial charge in [0, 0.05) is 30.3 Å². The van der Waals surface area contributed by atoms with E-state index in [0.717, 1.165) is 18.1 Å². The Morgan fingerprint density at radius 3 is 2.58 bits per heavy atom. The van der Waals surface area contributed by atoms with Gasteiger partial charge < -0.3 is 14.7 Å². The van der Waals surface area contributed by atoms with Gasteiger partial charge in [-0.2, -0.15) is 0 Å². The van der Waals surface area contributed by atoms with E-state index in [4.69, 9.17) is 14.7 Å². The standard InChI is InChI=1S/C20H22F2N6O3/c1-14(25-31-12-15-3-6-17(7-4-15)20(2,21)22)16-5-8-19(23-11-16)30-13-18-24-26-27-28(18)9-10-29/h3-8,11,29H,9-10,12-13H2,1-2H3. The highest BCUT2D eigenvalue weighted by atomic mass is 19.3. The number of halogens is 2. The van der Waals surface area contributed by atoms with Crippen molar-refractivity contribution in [1.82, 2.24) is 25.2 Å². The maximum absolute atomic E-state index is 13.2. The van der Waals surface area contributed by atoms with Gasteiger partial charge >= 0.3 is 0 Å². The van der Waals surface area contributed by atoms with Crippen LogP contribution >= 0.6 is 0 Å². The summed E-state index contributed by atoms with van der Waals surface area (Å²) in [4.78, 5) is 9.54. The molecule has 9 nitrogen and oxygen atoms in total. The number of oxime groups is 1. The Balaban J connectivity index is 1.51. The molecule has 0 fully saturated rings. The molecular formula is C20H22F2N6O3. The number of rotatable bonds is 10. The number of tetrazole rings is 1. The monoisotopic (exact) mass is 432 g/mol. The zero-order valence-electron chi connectivity index (χ0n) is 17.1. The quantitative estimate of drug-likeness (QED) is 0.388. The van der Waals surface area contributed by atoms with E-state index in [1.807, 2.05) is 0 Å². The second-order valence-electron chi connectivity index (χ2n) is 6.75. The molecule has 0 saturated heterocycles. The third kappa shape index (κ3) is 6.25. The van der Waals surface area contributed by atoms with Crippen LogP contribution in [0.25, 0.3) is 0 Å². The number of nitrogens with zero attached hydrogens (tertiary/aromatic N) is 6. The molecule has 0 amide bonds. The van der Waals surface area contributed by atoms with Gasteiger partial charge in [-0.15, -0.1) is 5.10 Å². The summed E-state index contributed by atoms with van der Waals surface area (Å²) in [5, 5.41) is 24.2. The molecule has 11 heteroatoms. The largest absolute Gasteiger partial charge is 0.469 e. The first-order chi connectivity index (χ1) is 14.9. The van der Waals surface area contributed by atoms with Crippen LogP contribution < -0.4 is 4.74 Å². The normalized spacial score (nSPS) is 12.1. The number of hydrogen-bond donors (Lipinski definition) is 1. The Bertz CT molecular complexity index is 1000. The molecule has 0 spiro atoms. The Labute approximate surface area is 177 Å². The lowest BCUT2D eigenvalue weighted by molar-refractivity contribution is 0.0174. The van der Waals surface area contributed by atoms with Crippen LogP contribution in [0.4, 0.5) is 8.78 Å². The maximum Gasteiger partial charge on any atom is 0.270 e. The van der Waals surface area contributed by atoms with Gasteiger partial charge in [-0.25, -0.2) is 18.4 Å². The molecule has 0 saturated carbocycles. The van der Waals surface area contributed by atoms with Crippen molar-refractivity contribution in [3.8, 4) is 5.88 Å². The number of aromatic nitrogens is 5. The molecule has 2 aromatic heterocycles. The SMILES string of the molecule is CC(=NOCc1ccc(C(C)(F)F)cc1)c1ccc(OCc2nnnn2CCO)nc1. The fourth-order valence-corrected chi connectivity index (χ4v) is 2.56. The van der Waals surface area contributed by atoms with Crippen molar-refractivity contribution >= 4 is 5.71 Å². The van der Waals surface area contributed by atoms with E-state index in [-0.39, 0.29) is 31.9 Å². The maximum atomic E-state index is 13.2. The van der Waals surface area contributed by atoms with Gasteiger partial charge in [0.1, 0.15) is 6.61 Å². The Morgan fingerprint density at radius 2 is 1.94 bits per heavy atom. The van der Waals surface area contributed by atoms with Gasteiger partial charge in [-0.05, 0) is 29.0 Å². The first-order valence-corrected chi connectivity index (χ1v) is 9.45. The van der Waals surface area contributed by atoms with Crippen LogP contribution in [-0.2, 0) is 30.5 Å². The van der Waals surface area contributed by atoms with E-state index < -0.39 is 5.92 Å². The van der Waals surface area contributed by atoms with E-state index in [1.54, 1.807) is 37.4 Å². The second-order valence-corrected chi connectivity index (χ2v) is 6.75. The summed E-state index contributed by atoms with van der Waals surface area (Å²) in [6.45, 7) is 3.09. The van der Waals surface area contributed by atoms with Crippen molar-refractivity contribution in [1.29, 1.82) is 0 Å². The first kappa shape index (κ1) is 22.2. The molecule has 3 aromatic rings. The topological polar surface area (TPSA) is 108 Å². The Hall–Kier alpha value is -3.47. The summed E-state index contributed by atoms with van der Waals surface area (Å²) in [7, 11) is 0. The van der Waals surface area contributed by atoms with Gasteiger partial charge in [0.25, 0.3) is 5.92 Å². The average Bonchev–Trinajstić information content (AvgIpc) is 3.19. The summed E-state index contributed by atoms with van der Waals surface area (Å²) in [5.74, 6) is -2.02. The van der Waals surface area contributed by atoms with Gasteiger partial charge in [-0.1, -0.05) is 29.4 Å². The molecule has 0 radical (unpaired) electrons. The number of pyridine rings is 1. The lowest BCUT2D eigenvalue weighted by Gasteiger charge is -2.10. The summed E-state index contributed by atoms with van der Waals surface area (Å²) in [6, 6.07) is 9.38. The summed E-state index contributed by atoms with van der Waals surface area (Å²) in [6.07, 6.45) is 1.59. The van der Waals surface area contributed by atoms with Crippen LogP contribution in [0.1, 0.15) is 36.4 Å². The first-order valence-electron chi connectivity index (χ1n) is 9.45. The minimum atomic E-state index is -2.87. The summed E-state index contributed by atoms with van der Waals surface area (Å²) >= 11 is 0. The van der Waals surface area contributed by atoms with E-state index >= 15 is 0 Å². The molecule has 1 N–H and O–H groups in total. The van der Waals surface area contributed by atoms with Gasteiger partial charge in [0.2, 0.25) is 5.88 Å². The number of alkyl halides is 2.